The third kappa shape index (κ3) is 9.48. The van der Waals surface area contributed by atoms with Crippen LogP contribution in [-0.2, 0) is 20.7 Å². The normalized spacial score (nSPS) is 11.6. The van der Waals surface area contributed by atoms with Gasteiger partial charge in [-0.1, -0.05) is 72.3 Å². The van der Waals surface area contributed by atoms with Crippen molar-refractivity contribution in [3.8, 4) is 34.5 Å². The molecule has 4 rings (SSSR count). The number of nitrogens with zero attached hydrogens (tertiary/aromatic N) is 2. The average molecular weight is 714 g/mol. The van der Waals surface area contributed by atoms with Crippen molar-refractivity contribution in [1.82, 2.24) is 10.2 Å². The minimum Gasteiger partial charge on any atom is -0.508 e. The van der Waals surface area contributed by atoms with Gasteiger partial charge in [0.1, 0.15) is 16.7 Å². The number of nitrogens with one attached hydrogen (secondary N) is 1. The first-order valence-electron chi connectivity index (χ1n) is 15.2. The molecule has 256 valence electrons. The fourth-order valence-electron chi connectivity index (χ4n) is 4.60. The number of carbonyl (C=O) groups excluding carboxylic acids is 2. The van der Waals surface area contributed by atoms with E-state index in [0.29, 0.717) is 30.5 Å². The number of anilines is 1. The molecule has 0 radical (unpaired) electrons. The zero-order chi connectivity index (χ0) is 35.0. The van der Waals surface area contributed by atoms with E-state index in [2.05, 4.69) is 28.5 Å². The first-order chi connectivity index (χ1) is 22.9. The number of phenols is 3. The lowest BCUT2D eigenvalue weighted by Crippen LogP contribution is -2.21. The molecule has 1 amide bonds. The Morgan fingerprint density at radius 3 is 2.40 bits per heavy atom. The van der Waals surface area contributed by atoms with Gasteiger partial charge in [0.05, 0.1) is 17.7 Å². The van der Waals surface area contributed by atoms with Crippen molar-refractivity contribution in [2.75, 3.05) is 19.0 Å². The van der Waals surface area contributed by atoms with Crippen LogP contribution < -0.4 is 14.8 Å². The molecule has 0 aliphatic heterocycles. The summed E-state index contributed by atoms with van der Waals surface area (Å²) in [5.41, 5.74) is 3.34. The number of thioether (sulfide) groups is 1. The summed E-state index contributed by atoms with van der Waals surface area (Å²) >= 11 is 3.54. The summed E-state index contributed by atoms with van der Waals surface area (Å²) < 4.78 is 17.7. The topological polar surface area (TPSA) is 160 Å². The number of esters is 1. The molecule has 3 aromatic carbocycles. The van der Waals surface area contributed by atoms with E-state index < -0.39 is 22.7 Å². The Balaban J connectivity index is 1.49. The highest BCUT2D eigenvalue weighted by Gasteiger charge is 2.23. The summed E-state index contributed by atoms with van der Waals surface area (Å²) in [6, 6.07) is 10.3. The molecule has 1 unspecified atom stereocenters. The highest BCUT2D eigenvalue weighted by atomic mass is 32.2. The fraction of sp³-hybridized carbons (Fsp3) is 0.353. The van der Waals surface area contributed by atoms with Crippen LogP contribution in [0.5, 0.6) is 34.5 Å². The number of ether oxygens (including phenoxy) is 3. The molecule has 11 nitrogen and oxygen atoms in total. The van der Waals surface area contributed by atoms with E-state index in [-0.39, 0.29) is 35.5 Å². The number of hydrogen-bond acceptors (Lipinski definition) is 13. The Labute approximate surface area is 292 Å². The first kappa shape index (κ1) is 36.7. The number of rotatable bonds is 15. The molecule has 0 aliphatic carbocycles. The van der Waals surface area contributed by atoms with Crippen molar-refractivity contribution in [3.05, 3.63) is 58.7 Å². The van der Waals surface area contributed by atoms with E-state index in [1.807, 2.05) is 19.1 Å². The fourth-order valence-corrected chi connectivity index (χ4v) is 7.84. The maximum absolute atomic E-state index is 13.0. The van der Waals surface area contributed by atoms with Crippen LogP contribution in [0.3, 0.4) is 0 Å². The second-order valence-electron chi connectivity index (χ2n) is 11.1. The van der Waals surface area contributed by atoms with Gasteiger partial charge in [-0.2, -0.15) is 0 Å². The summed E-state index contributed by atoms with van der Waals surface area (Å²) in [6.45, 7) is 8.98. The van der Waals surface area contributed by atoms with Crippen LogP contribution in [0.4, 0.5) is 5.69 Å². The lowest BCUT2D eigenvalue weighted by molar-refractivity contribution is -0.139. The molecule has 1 aromatic heterocycles. The molecule has 1 heterocycles. The predicted octanol–water partition coefficient (Wildman–Crippen LogP) is 7.93. The first-order valence-corrected chi connectivity index (χ1v) is 17.8. The number of carbonyl (C=O) groups is 2. The van der Waals surface area contributed by atoms with Gasteiger partial charge in [0.25, 0.3) is 5.91 Å². The van der Waals surface area contributed by atoms with Gasteiger partial charge in [0, 0.05) is 6.07 Å². The largest absolute Gasteiger partial charge is 0.508 e. The van der Waals surface area contributed by atoms with Crippen LogP contribution in [0.25, 0.3) is 0 Å². The van der Waals surface area contributed by atoms with Gasteiger partial charge >= 0.3 is 5.97 Å². The number of aryl methyl sites for hydroxylation is 4. The number of aromatic hydroxyl groups is 3. The molecule has 0 aliphatic rings. The SMILES string of the molecule is CCCCCc1cc(C)ccc1OCC(=O)Nc1cc(O)c(C)cc1Oc1cc(C)c(Sc2nnc(SC(C)C(=O)OC)s2)c(O)c1O. The Hall–Kier alpha value is -4.14. The summed E-state index contributed by atoms with van der Waals surface area (Å²) in [7, 11) is 1.32. The van der Waals surface area contributed by atoms with Gasteiger partial charge in [-0.25, -0.2) is 0 Å². The second kappa shape index (κ2) is 16.8. The zero-order valence-corrected chi connectivity index (χ0v) is 30.0. The van der Waals surface area contributed by atoms with Crippen molar-refractivity contribution in [3.63, 3.8) is 0 Å². The Morgan fingerprint density at radius 1 is 0.938 bits per heavy atom. The third-order valence-electron chi connectivity index (χ3n) is 7.18. The number of unbranched alkanes of at least 4 members (excludes halogenated alkanes) is 2. The highest BCUT2D eigenvalue weighted by molar-refractivity contribution is 8.04. The summed E-state index contributed by atoms with van der Waals surface area (Å²) in [6.07, 6.45) is 4.07. The molecular formula is C34H39N3O8S3. The van der Waals surface area contributed by atoms with Crippen LogP contribution in [0, 0.1) is 20.8 Å². The van der Waals surface area contributed by atoms with Crippen LogP contribution in [0.15, 0.2) is 50.0 Å². The van der Waals surface area contributed by atoms with E-state index in [4.69, 9.17) is 14.2 Å². The number of aromatic nitrogens is 2. The molecule has 0 bridgehead atoms. The predicted molar refractivity (Wildman–Crippen MR) is 187 cm³/mol. The van der Waals surface area contributed by atoms with Gasteiger partial charge in [-0.3, -0.25) is 9.59 Å². The smallest absolute Gasteiger partial charge is 0.318 e. The second-order valence-corrected chi connectivity index (χ2v) is 14.9. The average Bonchev–Trinajstić information content (AvgIpc) is 3.50. The van der Waals surface area contributed by atoms with E-state index in [1.54, 1.807) is 26.8 Å². The maximum Gasteiger partial charge on any atom is 0.318 e. The van der Waals surface area contributed by atoms with Gasteiger partial charge in [0.15, 0.2) is 32.5 Å². The van der Waals surface area contributed by atoms with Gasteiger partial charge in [-0.05, 0) is 75.4 Å². The molecule has 4 N–H and O–H groups in total. The minimum absolute atomic E-state index is 0.0667. The summed E-state index contributed by atoms with van der Waals surface area (Å²) in [5.74, 6) is -1.17. The number of phenolic OH excluding ortho intramolecular Hbond substituents is 3. The van der Waals surface area contributed by atoms with Gasteiger partial charge < -0.3 is 34.8 Å². The summed E-state index contributed by atoms with van der Waals surface area (Å²) in [4.78, 5) is 25.1. The molecule has 0 fully saturated rings. The van der Waals surface area contributed by atoms with E-state index in [9.17, 15) is 24.9 Å². The van der Waals surface area contributed by atoms with Crippen LogP contribution in [0.2, 0.25) is 0 Å². The van der Waals surface area contributed by atoms with E-state index >= 15 is 0 Å². The molecule has 0 saturated carbocycles. The van der Waals surface area contributed by atoms with E-state index in [0.717, 1.165) is 48.6 Å². The van der Waals surface area contributed by atoms with Crippen molar-refractivity contribution in [2.24, 2.45) is 0 Å². The van der Waals surface area contributed by atoms with Crippen LogP contribution >= 0.6 is 34.9 Å². The lowest BCUT2D eigenvalue weighted by atomic mass is 10.0. The number of amides is 1. The van der Waals surface area contributed by atoms with Crippen molar-refractivity contribution in [2.45, 2.75) is 79.1 Å². The van der Waals surface area contributed by atoms with Crippen molar-refractivity contribution >= 4 is 52.4 Å². The number of methoxy groups -OCH3 is 1. The van der Waals surface area contributed by atoms with Crippen LogP contribution in [0.1, 0.15) is 55.4 Å². The zero-order valence-electron chi connectivity index (χ0n) is 27.6. The third-order valence-corrected chi connectivity index (χ3v) is 10.5. The van der Waals surface area contributed by atoms with Crippen LogP contribution in [-0.4, -0.2) is 56.4 Å². The van der Waals surface area contributed by atoms with Crippen molar-refractivity contribution in [1.29, 1.82) is 0 Å². The molecule has 4 aromatic rings. The Kier molecular flexibility index (Phi) is 12.8. The molecular weight excluding hydrogens is 675 g/mol. The monoisotopic (exact) mass is 713 g/mol. The number of benzene rings is 3. The van der Waals surface area contributed by atoms with Crippen molar-refractivity contribution < 1.29 is 39.1 Å². The Bertz CT molecular complexity index is 1780. The number of hydrogen-bond donors (Lipinski definition) is 4. The quantitative estimate of drug-likeness (QED) is 0.0408. The standard InChI is InChI=1S/C34H39N3O8S3/c1-7-8-9-10-22-13-18(2)11-12-25(22)44-17-28(39)35-23-16-24(38)19(3)14-26(23)45-27-15-20(4)31(30(41)29(27)40)47-34-37-36-33(48-34)46-21(5)32(42)43-6/h11-16,21,38,40-41H,7-10,17H2,1-6H3,(H,35,39). The maximum atomic E-state index is 13.0. The molecule has 0 spiro atoms. The minimum atomic E-state index is -0.525. The summed E-state index contributed by atoms with van der Waals surface area (Å²) in [5, 5.41) is 42.8. The van der Waals surface area contributed by atoms with Gasteiger partial charge in [-0.15, -0.1) is 10.2 Å². The molecule has 0 saturated heterocycles. The Morgan fingerprint density at radius 2 is 1.67 bits per heavy atom. The molecule has 1 atom stereocenters. The molecule has 48 heavy (non-hydrogen) atoms. The van der Waals surface area contributed by atoms with E-state index in [1.165, 1.54) is 42.3 Å². The molecule has 14 heteroatoms. The highest BCUT2D eigenvalue weighted by Crippen LogP contribution is 2.49. The van der Waals surface area contributed by atoms with Gasteiger partial charge in [0.2, 0.25) is 5.75 Å². The lowest BCUT2D eigenvalue weighted by Gasteiger charge is -2.17.